The van der Waals surface area contributed by atoms with E-state index >= 15 is 0 Å². The summed E-state index contributed by atoms with van der Waals surface area (Å²) >= 11 is 0. The summed E-state index contributed by atoms with van der Waals surface area (Å²) in [5.41, 5.74) is 2.90. The van der Waals surface area contributed by atoms with Gasteiger partial charge in [0.15, 0.2) is 0 Å². The Balaban J connectivity index is 2.14. The summed E-state index contributed by atoms with van der Waals surface area (Å²) in [7, 11) is 0. The Kier molecular flexibility index (Phi) is 1.91. The first-order valence-corrected chi connectivity index (χ1v) is 4.23. The lowest BCUT2D eigenvalue weighted by Crippen LogP contribution is -2.08. The van der Waals surface area contributed by atoms with Crippen LogP contribution in [0.25, 0.3) is 0 Å². The number of nitrogens with one attached hydrogen (secondary N) is 1. The Morgan fingerprint density at radius 3 is 2.82 bits per heavy atom. The van der Waals surface area contributed by atoms with E-state index in [0.717, 1.165) is 13.1 Å². The van der Waals surface area contributed by atoms with E-state index in [1.807, 2.05) is 0 Å². The summed E-state index contributed by atoms with van der Waals surface area (Å²) in [5, 5.41) is 3.30. The van der Waals surface area contributed by atoms with Crippen molar-refractivity contribution in [3.8, 4) is 0 Å². The summed E-state index contributed by atoms with van der Waals surface area (Å²) in [6, 6.07) is 0. The molecular weight excluding hydrogens is 134 g/mol. The highest BCUT2D eigenvalue weighted by atomic mass is 14.9. The maximum atomic E-state index is 3.30. The molecule has 58 valence electrons. The number of allylic oxidation sites excluding steroid dienone is 3. The minimum atomic E-state index is 1.04. The van der Waals surface area contributed by atoms with E-state index in [9.17, 15) is 0 Å². The predicted molar refractivity (Wildman–Crippen MR) is 47.4 cm³/mol. The summed E-state index contributed by atoms with van der Waals surface area (Å²) in [5.74, 6) is 0. The summed E-state index contributed by atoms with van der Waals surface area (Å²) in [4.78, 5) is 0. The topological polar surface area (TPSA) is 12.0 Å². The van der Waals surface area contributed by atoms with Crippen molar-refractivity contribution in [3.05, 3.63) is 35.5 Å². The van der Waals surface area contributed by atoms with Crippen molar-refractivity contribution in [1.82, 2.24) is 5.32 Å². The van der Waals surface area contributed by atoms with Gasteiger partial charge in [0.25, 0.3) is 0 Å². The molecule has 0 atom stereocenters. The fourth-order valence-electron chi connectivity index (χ4n) is 1.55. The molecule has 0 saturated carbocycles. The Morgan fingerprint density at radius 1 is 1.18 bits per heavy atom. The molecule has 0 amide bonds. The van der Waals surface area contributed by atoms with Crippen LogP contribution in [-0.4, -0.2) is 13.1 Å². The third-order valence-electron chi connectivity index (χ3n) is 2.17. The second-order valence-electron chi connectivity index (χ2n) is 3.00. The Hall–Kier alpha value is -0.820. The average molecular weight is 147 g/mol. The fraction of sp³-hybridized carbons (Fsp3) is 0.400. The van der Waals surface area contributed by atoms with Crippen LogP contribution in [0.4, 0.5) is 0 Å². The Bertz CT molecular complexity index is 233. The van der Waals surface area contributed by atoms with Crippen molar-refractivity contribution in [2.75, 3.05) is 13.1 Å². The molecular formula is C10H13N. The molecule has 1 heterocycles. The van der Waals surface area contributed by atoms with Gasteiger partial charge in [0, 0.05) is 13.1 Å². The van der Waals surface area contributed by atoms with Gasteiger partial charge < -0.3 is 5.32 Å². The SMILES string of the molecule is C1=CC(C2=CCNC2)=CCC1. The van der Waals surface area contributed by atoms with Gasteiger partial charge in [-0.3, -0.25) is 0 Å². The molecule has 0 fully saturated rings. The molecule has 0 aromatic carbocycles. The van der Waals surface area contributed by atoms with Gasteiger partial charge in [0.1, 0.15) is 0 Å². The van der Waals surface area contributed by atoms with Gasteiger partial charge >= 0.3 is 0 Å². The first-order valence-electron chi connectivity index (χ1n) is 4.23. The largest absolute Gasteiger partial charge is 0.309 e. The number of hydrogen-bond acceptors (Lipinski definition) is 1. The van der Waals surface area contributed by atoms with Gasteiger partial charge in [-0.25, -0.2) is 0 Å². The lowest BCUT2D eigenvalue weighted by atomic mass is 10.0. The summed E-state index contributed by atoms with van der Waals surface area (Å²) in [6.45, 7) is 2.09. The average Bonchev–Trinajstić information content (AvgIpc) is 2.58. The molecule has 1 N–H and O–H groups in total. The van der Waals surface area contributed by atoms with Crippen molar-refractivity contribution in [2.24, 2.45) is 0 Å². The quantitative estimate of drug-likeness (QED) is 0.596. The molecule has 2 aliphatic rings. The van der Waals surface area contributed by atoms with E-state index in [1.165, 1.54) is 24.0 Å². The van der Waals surface area contributed by atoms with Crippen LogP contribution in [-0.2, 0) is 0 Å². The number of hydrogen-bond donors (Lipinski definition) is 1. The van der Waals surface area contributed by atoms with Crippen LogP contribution in [0.2, 0.25) is 0 Å². The summed E-state index contributed by atoms with van der Waals surface area (Å²) < 4.78 is 0. The highest BCUT2D eigenvalue weighted by molar-refractivity contribution is 5.43. The van der Waals surface area contributed by atoms with Gasteiger partial charge in [-0.1, -0.05) is 24.3 Å². The molecule has 11 heavy (non-hydrogen) atoms. The maximum absolute atomic E-state index is 3.30. The molecule has 1 nitrogen and oxygen atoms in total. The molecule has 0 saturated heterocycles. The highest BCUT2D eigenvalue weighted by Crippen LogP contribution is 2.18. The lowest BCUT2D eigenvalue weighted by Gasteiger charge is -2.06. The first-order chi connectivity index (χ1) is 5.47. The zero-order valence-corrected chi connectivity index (χ0v) is 6.64. The van der Waals surface area contributed by atoms with Crippen molar-refractivity contribution >= 4 is 0 Å². The van der Waals surface area contributed by atoms with Gasteiger partial charge in [-0.05, 0) is 24.0 Å². The van der Waals surface area contributed by atoms with Gasteiger partial charge in [-0.15, -0.1) is 0 Å². The number of rotatable bonds is 1. The first kappa shape index (κ1) is 6.86. The van der Waals surface area contributed by atoms with Crippen LogP contribution in [0, 0.1) is 0 Å². The van der Waals surface area contributed by atoms with Gasteiger partial charge in [-0.2, -0.15) is 0 Å². The smallest absolute Gasteiger partial charge is 0.0211 e. The third kappa shape index (κ3) is 1.43. The van der Waals surface area contributed by atoms with Crippen LogP contribution in [0.1, 0.15) is 12.8 Å². The van der Waals surface area contributed by atoms with Crippen LogP contribution in [0.5, 0.6) is 0 Å². The Morgan fingerprint density at radius 2 is 2.18 bits per heavy atom. The molecule has 0 bridgehead atoms. The second kappa shape index (κ2) is 3.05. The third-order valence-corrected chi connectivity index (χ3v) is 2.17. The minimum Gasteiger partial charge on any atom is -0.309 e. The predicted octanol–water partition coefficient (Wildman–Crippen LogP) is 1.79. The lowest BCUT2D eigenvalue weighted by molar-refractivity contribution is 0.876. The van der Waals surface area contributed by atoms with Crippen LogP contribution < -0.4 is 5.32 Å². The van der Waals surface area contributed by atoms with E-state index in [-0.39, 0.29) is 0 Å². The molecule has 0 aromatic heterocycles. The molecule has 0 unspecified atom stereocenters. The van der Waals surface area contributed by atoms with Gasteiger partial charge in [0.2, 0.25) is 0 Å². The van der Waals surface area contributed by atoms with Crippen LogP contribution >= 0.6 is 0 Å². The standard InChI is InChI=1S/C10H13N/c1-2-4-9(5-3-1)10-6-7-11-8-10/h2,4-6,11H,1,3,7-8H2. The molecule has 2 rings (SSSR count). The highest BCUT2D eigenvalue weighted by Gasteiger charge is 2.07. The van der Waals surface area contributed by atoms with Crippen molar-refractivity contribution < 1.29 is 0 Å². The van der Waals surface area contributed by atoms with Crippen LogP contribution in [0.3, 0.4) is 0 Å². The molecule has 1 heteroatoms. The summed E-state index contributed by atoms with van der Waals surface area (Å²) in [6.07, 6.45) is 11.5. The maximum Gasteiger partial charge on any atom is 0.0211 e. The molecule has 0 aromatic rings. The van der Waals surface area contributed by atoms with E-state index in [2.05, 4.69) is 29.6 Å². The Labute approximate surface area is 67.5 Å². The minimum absolute atomic E-state index is 1.04. The zero-order valence-electron chi connectivity index (χ0n) is 6.64. The van der Waals surface area contributed by atoms with E-state index in [0.29, 0.717) is 0 Å². The van der Waals surface area contributed by atoms with Gasteiger partial charge in [0.05, 0.1) is 0 Å². The molecule has 1 aliphatic carbocycles. The molecule has 0 spiro atoms. The fourth-order valence-corrected chi connectivity index (χ4v) is 1.55. The normalized spacial score (nSPS) is 23.3. The molecule has 1 aliphatic heterocycles. The van der Waals surface area contributed by atoms with E-state index < -0.39 is 0 Å². The van der Waals surface area contributed by atoms with Crippen molar-refractivity contribution in [3.63, 3.8) is 0 Å². The second-order valence-corrected chi connectivity index (χ2v) is 3.00. The van der Waals surface area contributed by atoms with Crippen molar-refractivity contribution in [1.29, 1.82) is 0 Å². The monoisotopic (exact) mass is 147 g/mol. The zero-order chi connectivity index (χ0) is 7.52. The van der Waals surface area contributed by atoms with Crippen molar-refractivity contribution in [2.45, 2.75) is 12.8 Å². The van der Waals surface area contributed by atoms with E-state index in [1.54, 1.807) is 0 Å². The van der Waals surface area contributed by atoms with Crippen LogP contribution in [0.15, 0.2) is 35.5 Å². The van der Waals surface area contributed by atoms with E-state index in [4.69, 9.17) is 0 Å². The molecule has 0 radical (unpaired) electrons.